The van der Waals surface area contributed by atoms with Crippen LogP contribution in [-0.4, -0.2) is 54.8 Å². The molecule has 4 aliphatic rings. The van der Waals surface area contributed by atoms with Crippen molar-refractivity contribution < 1.29 is 24.2 Å². The summed E-state index contributed by atoms with van der Waals surface area (Å²) in [6.07, 6.45) is 0.00219. The number of ketones is 1. The molecule has 6 heteroatoms. The largest absolute Gasteiger partial charge is 0.410 e. The number of hydrogen-bond acceptors (Lipinski definition) is 5. The van der Waals surface area contributed by atoms with Crippen LogP contribution in [0.25, 0.3) is 0 Å². The molecule has 3 fully saturated rings. The number of carbonyl (C=O) groups excluding carboxylic acids is 1. The second-order valence-corrected chi connectivity index (χ2v) is 18.1. The Morgan fingerprint density at radius 2 is 1.66 bits per heavy atom. The molecule has 5 nitrogen and oxygen atoms in total. The molecule has 35 heavy (non-hydrogen) atoms. The van der Waals surface area contributed by atoms with Crippen LogP contribution < -0.4 is 0 Å². The minimum Gasteiger partial charge on any atom is -0.410 e. The van der Waals surface area contributed by atoms with Gasteiger partial charge in [-0.2, -0.15) is 0 Å². The number of hydrogen-bond donors (Lipinski definition) is 2. The molecule has 1 unspecified atom stereocenters. The van der Waals surface area contributed by atoms with E-state index in [1.54, 1.807) is 0 Å². The number of rotatable bonds is 5. The molecule has 9 atom stereocenters. The fourth-order valence-corrected chi connectivity index (χ4v) is 12.2. The Morgan fingerprint density at radius 3 is 2.14 bits per heavy atom. The Kier molecular flexibility index (Phi) is 6.67. The summed E-state index contributed by atoms with van der Waals surface area (Å²) in [4.78, 5) is 14.5. The number of fused-ring (bicyclic) bond motifs is 5. The van der Waals surface area contributed by atoms with Gasteiger partial charge in [0, 0.05) is 29.6 Å². The summed E-state index contributed by atoms with van der Waals surface area (Å²) >= 11 is 0. The van der Waals surface area contributed by atoms with Crippen LogP contribution in [0.2, 0.25) is 18.1 Å². The molecule has 1 aliphatic heterocycles. The van der Waals surface area contributed by atoms with Crippen LogP contribution in [0.15, 0.2) is 11.1 Å². The van der Waals surface area contributed by atoms with Crippen LogP contribution in [0, 0.1) is 34.0 Å². The van der Waals surface area contributed by atoms with Crippen molar-refractivity contribution in [3.05, 3.63) is 11.1 Å². The van der Waals surface area contributed by atoms with E-state index in [0.29, 0.717) is 19.4 Å². The molecule has 3 aliphatic carbocycles. The Morgan fingerprint density at radius 1 is 1.09 bits per heavy atom. The summed E-state index contributed by atoms with van der Waals surface area (Å²) in [6.45, 7) is 22.0. The van der Waals surface area contributed by atoms with Gasteiger partial charge in [-0.3, -0.25) is 4.79 Å². The molecule has 0 aromatic heterocycles. The molecule has 200 valence electrons. The second kappa shape index (κ2) is 8.49. The summed E-state index contributed by atoms with van der Waals surface area (Å²) in [5.74, 6) is -0.661. The van der Waals surface area contributed by atoms with E-state index in [-0.39, 0.29) is 41.2 Å². The normalized spacial score (nSPS) is 47.4. The van der Waals surface area contributed by atoms with Gasteiger partial charge < -0.3 is 19.4 Å². The van der Waals surface area contributed by atoms with Crippen molar-refractivity contribution in [1.82, 2.24) is 0 Å². The van der Waals surface area contributed by atoms with E-state index in [2.05, 4.69) is 55.4 Å². The van der Waals surface area contributed by atoms with Crippen LogP contribution in [-0.2, 0) is 14.0 Å². The predicted octanol–water partition coefficient (Wildman–Crippen LogP) is 5.50. The van der Waals surface area contributed by atoms with Gasteiger partial charge in [0.15, 0.2) is 8.32 Å². The Bertz CT molecular complexity index is 900. The van der Waals surface area contributed by atoms with Crippen LogP contribution in [0.3, 0.4) is 0 Å². The molecule has 0 aromatic rings. The minimum atomic E-state index is -1.94. The molecular formula is C29H50O5Si. The smallest absolute Gasteiger partial charge is 0.192 e. The van der Waals surface area contributed by atoms with E-state index in [1.807, 2.05) is 13.8 Å². The maximum atomic E-state index is 14.5. The molecule has 2 N–H and O–H groups in total. The van der Waals surface area contributed by atoms with Crippen LogP contribution in [0.5, 0.6) is 0 Å². The maximum absolute atomic E-state index is 14.5. The van der Waals surface area contributed by atoms with E-state index < -0.39 is 30.9 Å². The third-order valence-electron chi connectivity index (χ3n) is 11.9. The first-order valence-corrected chi connectivity index (χ1v) is 16.6. The van der Waals surface area contributed by atoms with Gasteiger partial charge >= 0.3 is 0 Å². The average Bonchev–Trinajstić information content (AvgIpc) is 2.81. The summed E-state index contributed by atoms with van der Waals surface area (Å²) in [5, 5.41) is 24.3. The lowest BCUT2D eigenvalue weighted by molar-refractivity contribution is -0.301. The Hall–Kier alpha value is -0.533. The average molecular weight is 507 g/mol. The summed E-state index contributed by atoms with van der Waals surface area (Å²) in [6, 6.07) is 3.15. The van der Waals surface area contributed by atoms with E-state index in [4.69, 9.17) is 9.16 Å². The van der Waals surface area contributed by atoms with Gasteiger partial charge in [0.05, 0.1) is 35.9 Å². The molecule has 1 heterocycles. The summed E-state index contributed by atoms with van der Waals surface area (Å²) < 4.78 is 13.0. The zero-order valence-corrected chi connectivity index (χ0v) is 24.8. The molecule has 0 spiro atoms. The zero-order chi connectivity index (χ0) is 26.4. The number of aliphatic hydroxyl groups excluding tert-OH is 1. The number of aliphatic hydroxyl groups is 2. The molecule has 2 bridgehead atoms. The van der Waals surface area contributed by atoms with Gasteiger partial charge in [-0.25, -0.2) is 0 Å². The Balaban J connectivity index is 1.94. The topological polar surface area (TPSA) is 76.0 Å². The van der Waals surface area contributed by atoms with E-state index in [1.165, 1.54) is 0 Å². The molecule has 0 amide bonds. The standard InChI is InChI=1S/C29H50O5Si/c1-11-35(12-2,13-3)34-20-15-29(32)19(6)24-27(9)16-33-22(27)14-21(30)28(24,10)25(31)18(5)23(17(20)4)26(29,7)8/h18-22,24,30,32H,11-16H2,1-10H3/t18-,19+,20+,21+,22-,24?,27-,28-,29-/m1/s1. The predicted molar refractivity (Wildman–Crippen MR) is 142 cm³/mol. The van der Waals surface area contributed by atoms with Crippen molar-refractivity contribution in [3.8, 4) is 0 Å². The Labute approximate surface area is 214 Å². The second-order valence-electron chi connectivity index (χ2n) is 13.4. The quantitative estimate of drug-likeness (QED) is 0.380. The number of Topliss-reactive ketones (excluding diaryl/α,β-unsaturated/α-hetero) is 1. The fraction of sp³-hybridized carbons (Fsp3) is 0.897. The van der Waals surface area contributed by atoms with Crippen molar-refractivity contribution in [3.63, 3.8) is 0 Å². The highest BCUT2D eigenvalue weighted by Gasteiger charge is 2.72. The van der Waals surface area contributed by atoms with E-state index in [0.717, 1.165) is 29.3 Å². The van der Waals surface area contributed by atoms with Crippen molar-refractivity contribution in [2.24, 2.45) is 34.0 Å². The summed E-state index contributed by atoms with van der Waals surface area (Å²) in [5.41, 5.74) is -0.657. The van der Waals surface area contributed by atoms with Crippen molar-refractivity contribution in [2.45, 2.75) is 124 Å². The number of carbonyl (C=O) groups is 1. The van der Waals surface area contributed by atoms with Crippen LogP contribution in [0.4, 0.5) is 0 Å². The zero-order valence-electron chi connectivity index (χ0n) is 23.8. The van der Waals surface area contributed by atoms with Gasteiger partial charge in [0.25, 0.3) is 0 Å². The van der Waals surface area contributed by atoms with Gasteiger partial charge in [0.2, 0.25) is 0 Å². The lowest BCUT2D eigenvalue weighted by Gasteiger charge is -2.69. The molecular weight excluding hydrogens is 456 g/mol. The highest BCUT2D eigenvalue weighted by Crippen LogP contribution is 2.67. The lowest BCUT2D eigenvalue weighted by Crippen LogP contribution is -2.74. The molecule has 1 saturated heterocycles. The van der Waals surface area contributed by atoms with Crippen molar-refractivity contribution in [2.75, 3.05) is 6.61 Å². The van der Waals surface area contributed by atoms with Gasteiger partial charge in [-0.15, -0.1) is 0 Å². The fourth-order valence-electron chi connectivity index (χ4n) is 9.37. The SMILES string of the molecule is CC[Si](CC)(CC)O[C@H]1C[C@@]2(O)[C@@H](C)C3[C@]4(C)CO[C@@H]4C[C@H](O)[C@@]3(C)C(=O)[C@H](C)C(=C1C)C2(C)C. The van der Waals surface area contributed by atoms with Crippen LogP contribution in [0.1, 0.15) is 82.1 Å². The van der Waals surface area contributed by atoms with Gasteiger partial charge in [-0.1, -0.05) is 61.0 Å². The minimum absolute atomic E-state index is 0.0695. The van der Waals surface area contributed by atoms with Gasteiger partial charge in [-0.05, 0) is 49.4 Å². The summed E-state index contributed by atoms with van der Waals surface area (Å²) in [7, 11) is -1.94. The first-order valence-electron chi connectivity index (χ1n) is 14.1. The first-order chi connectivity index (χ1) is 16.1. The highest BCUT2D eigenvalue weighted by atomic mass is 28.4. The highest BCUT2D eigenvalue weighted by molar-refractivity contribution is 6.73. The van der Waals surface area contributed by atoms with Gasteiger partial charge in [0.1, 0.15) is 5.78 Å². The number of ether oxygens (including phenoxy) is 1. The van der Waals surface area contributed by atoms with E-state index >= 15 is 0 Å². The third kappa shape index (κ3) is 3.35. The molecule has 4 rings (SSSR count). The molecule has 0 radical (unpaired) electrons. The van der Waals surface area contributed by atoms with Crippen molar-refractivity contribution in [1.29, 1.82) is 0 Å². The van der Waals surface area contributed by atoms with Crippen LogP contribution >= 0.6 is 0 Å². The van der Waals surface area contributed by atoms with Crippen molar-refractivity contribution >= 4 is 14.1 Å². The first kappa shape index (κ1) is 27.5. The molecule has 0 aromatic carbocycles. The lowest BCUT2D eigenvalue weighted by atomic mass is 9.40. The van der Waals surface area contributed by atoms with E-state index in [9.17, 15) is 15.0 Å². The maximum Gasteiger partial charge on any atom is 0.192 e. The monoisotopic (exact) mass is 506 g/mol. The third-order valence-corrected chi connectivity index (χ3v) is 16.6. The molecule has 2 saturated carbocycles.